The van der Waals surface area contributed by atoms with Crippen molar-refractivity contribution in [1.29, 1.82) is 0 Å². The summed E-state index contributed by atoms with van der Waals surface area (Å²) in [6, 6.07) is 3.08. The Balaban J connectivity index is 2.84. The molecule has 1 rings (SSSR count). The van der Waals surface area contributed by atoms with Gasteiger partial charge in [-0.2, -0.15) is 0 Å². The second kappa shape index (κ2) is 6.11. The summed E-state index contributed by atoms with van der Waals surface area (Å²) in [4.78, 5) is 21.6. The van der Waals surface area contributed by atoms with Gasteiger partial charge >= 0.3 is 11.9 Å². The predicted octanol–water partition coefficient (Wildman–Crippen LogP) is 1.48. The number of hydrogen-bond acceptors (Lipinski definition) is 4. The first kappa shape index (κ1) is 14.1. The van der Waals surface area contributed by atoms with Crippen molar-refractivity contribution in [2.24, 2.45) is 5.73 Å². The van der Waals surface area contributed by atoms with Crippen molar-refractivity contribution < 1.29 is 23.8 Å². The Morgan fingerprint density at radius 2 is 2.17 bits per heavy atom. The van der Waals surface area contributed by atoms with Crippen LogP contribution in [0.5, 0.6) is 0 Å². The van der Waals surface area contributed by atoms with Gasteiger partial charge in [0, 0.05) is 18.0 Å². The summed E-state index contributed by atoms with van der Waals surface area (Å²) < 4.78 is 18.1. The Hall–Kier alpha value is -1.95. The number of benzene rings is 1. The topological polar surface area (TPSA) is 89.6 Å². The summed E-state index contributed by atoms with van der Waals surface area (Å²) >= 11 is 0. The Morgan fingerprint density at radius 3 is 2.67 bits per heavy atom. The number of nitrogens with two attached hydrogens (primary N) is 1. The second-order valence-electron chi connectivity index (χ2n) is 3.77. The van der Waals surface area contributed by atoms with Crippen LogP contribution in [0.1, 0.15) is 34.8 Å². The van der Waals surface area contributed by atoms with Crippen LogP contribution < -0.4 is 5.73 Å². The lowest BCUT2D eigenvalue weighted by Crippen LogP contribution is -2.14. The lowest BCUT2D eigenvalue weighted by atomic mass is 10.0. The molecular weight excluding hydrogens is 241 g/mol. The third-order valence-corrected chi connectivity index (χ3v) is 2.49. The fourth-order valence-electron chi connectivity index (χ4n) is 1.51. The minimum atomic E-state index is -0.989. The first-order valence-electron chi connectivity index (χ1n) is 5.31. The molecule has 18 heavy (non-hydrogen) atoms. The van der Waals surface area contributed by atoms with E-state index >= 15 is 0 Å². The summed E-state index contributed by atoms with van der Waals surface area (Å²) in [6.07, 6.45) is -0.0107. The molecular formula is C12H14FNO4. The zero-order valence-electron chi connectivity index (χ0n) is 9.85. The summed E-state index contributed by atoms with van der Waals surface area (Å²) in [5.74, 6) is -2.27. The third-order valence-electron chi connectivity index (χ3n) is 2.49. The molecule has 1 atom stereocenters. The molecule has 0 fully saturated rings. The number of carboxylic acids is 1. The number of ether oxygens (including phenoxy) is 1. The van der Waals surface area contributed by atoms with Crippen LogP contribution in [0.3, 0.4) is 0 Å². The van der Waals surface area contributed by atoms with Crippen LogP contribution in [-0.4, -0.2) is 24.2 Å². The molecule has 1 aromatic carbocycles. The first-order valence-corrected chi connectivity index (χ1v) is 5.31. The largest absolute Gasteiger partial charge is 0.481 e. The fourth-order valence-corrected chi connectivity index (χ4v) is 1.51. The van der Waals surface area contributed by atoms with Gasteiger partial charge < -0.3 is 15.6 Å². The van der Waals surface area contributed by atoms with Crippen molar-refractivity contribution in [3.05, 3.63) is 35.1 Å². The standard InChI is InChI=1S/C12H14FNO4/c1-18-12(17)7-2-3-8(9(13)6-7)10(14)4-5-11(15)16/h2-3,6,10H,4-5,14H2,1H3,(H,15,16). The summed E-state index contributed by atoms with van der Waals surface area (Å²) in [5, 5.41) is 8.52. The van der Waals surface area contributed by atoms with Gasteiger partial charge in [0.15, 0.2) is 0 Å². The van der Waals surface area contributed by atoms with Crippen LogP contribution in [0.15, 0.2) is 18.2 Å². The van der Waals surface area contributed by atoms with Crippen LogP contribution in [0, 0.1) is 5.82 Å². The molecule has 5 nitrogen and oxygen atoms in total. The highest BCUT2D eigenvalue weighted by molar-refractivity contribution is 5.89. The highest BCUT2D eigenvalue weighted by atomic mass is 19.1. The van der Waals surface area contributed by atoms with Gasteiger partial charge in [-0.25, -0.2) is 9.18 Å². The van der Waals surface area contributed by atoms with Crippen molar-refractivity contribution in [2.45, 2.75) is 18.9 Å². The molecule has 0 heterocycles. The van der Waals surface area contributed by atoms with Crippen molar-refractivity contribution >= 4 is 11.9 Å². The van der Waals surface area contributed by atoms with Crippen LogP contribution in [0.4, 0.5) is 4.39 Å². The third kappa shape index (κ3) is 3.53. The van der Waals surface area contributed by atoms with Gasteiger partial charge in [0.05, 0.1) is 12.7 Å². The van der Waals surface area contributed by atoms with Gasteiger partial charge in [-0.05, 0) is 18.6 Å². The summed E-state index contributed by atoms with van der Waals surface area (Å²) in [5.41, 5.74) is 5.95. The van der Waals surface area contributed by atoms with E-state index in [-0.39, 0.29) is 24.0 Å². The molecule has 0 aliphatic heterocycles. The lowest BCUT2D eigenvalue weighted by Gasteiger charge is -2.12. The number of carboxylic acid groups (broad SMARTS) is 1. The van der Waals surface area contributed by atoms with Crippen LogP contribution in [-0.2, 0) is 9.53 Å². The summed E-state index contributed by atoms with van der Waals surface area (Å²) in [7, 11) is 1.20. The molecule has 3 N–H and O–H groups in total. The highest BCUT2D eigenvalue weighted by Crippen LogP contribution is 2.20. The van der Waals surface area contributed by atoms with E-state index in [1.807, 2.05) is 0 Å². The zero-order chi connectivity index (χ0) is 13.7. The molecule has 0 spiro atoms. The number of carbonyl (C=O) groups is 2. The minimum Gasteiger partial charge on any atom is -0.481 e. The smallest absolute Gasteiger partial charge is 0.337 e. The van der Waals surface area contributed by atoms with Gasteiger partial charge in [0.25, 0.3) is 0 Å². The Morgan fingerprint density at radius 1 is 1.50 bits per heavy atom. The molecule has 0 saturated carbocycles. The molecule has 6 heteroatoms. The van der Waals surface area contributed by atoms with Crippen molar-refractivity contribution in [1.82, 2.24) is 0 Å². The molecule has 0 saturated heterocycles. The maximum atomic E-state index is 13.7. The molecule has 0 amide bonds. The number of methoxy groups -OCH3 is 1. The number of esters is 1. The van der Waals surface area contributed by atoms with E-state index in [0.29, 0.717) is 0 Å². The summed E-state index contributed by atoms with van der Waals surface area (Å²) in [6.45, 7) is 0. The van der Waals surface area contributed by atoms with E-state index < -0.39 is 23.8 Å². The molecule has 0 aliphatic carbocycles. The van der Waals surface area contributed by atoms with E-state index in [2.05, 4.69) is 4.74 Å². The second-order valence-corrected chi connectivity index (χ2v) is 3.77. The normalized spacial score (nSPS) is 11.9. The number of rotatable bonds is 5. The highest BCUT2D eigenvalue weighted by Gasteiger charge is 2.15. The van der Waals surface area contributed by atoms with Gasteiger partial charge in [-0.15, -0.1) is 0 Å². The monoisotopic (exact) mass is 255 g/mol. The van der Waals surface area contributed by atoms with Gasteiger partial charge in [0.1, 0.15) is 5.82 Å². The van der Waals surface area contributed by atoms with E-state index in [1.165, 1.54) is 19.2 Å². The molecule has 0 bridgehead atoms. The van der Waals surface area contributed by atoms with E-state index in [0.717, 1.165) is 6.07 Å². The fraction of sp³-hybridized carbons (Fsp3) is 0.333. The number of halogens is 1. The molecule has 0 radical (unpaired) electrons. The maximum absolute atomic E-state index is 13.7. The van der Waals surface area contributed by atoms with E-state index in [1.54, 1.807) is 0 Å². The number of carbonyl (C=O) groups excluding carboxylic acids is 1. The average molecular weight is 255 g/mol. The predicted molar refractivity (Wildman–Crippen MR) is 61.5 cm³/mol. The van der Waals surface area contributed by atoms with Gasteiger partial charge in [-0.1, -0.05) is 6.07 Å². The average Bonchev–Trinajstić information content (AvgIpc) is 2.34. The molecule has 0 aromatic heterocycles. The number of hydrogen-bond donors (Lipinski definition) is 2. The zero-order valence-corrected chi connectivity index (χ0v) is 9.85. The van der Waals surface area contributed by atoms with Crippen molar-refractivity contribution in [3.8, 4) is 0 Å². The lowest BCUT2D eigenvalue weighted by molar-refractivity contribution is -0.137. The Bertz CT molecular complexity index is 461. The van der Waals surface area contributed by atoms with Crippen molar-refractivity contribution in [2.75, 3.05) is 7.11 Å². The molecule has 1 unspecified atom stereocenters. The van der Waals surface area contributed by atoms with E-state index in [4.69, 9.17) is 10.8 Å². The molecule has 98 valence electrons. The molecule has 0 aliphatic rings. The molecule has 1 aromatic rings. The SMILES string of the molecule is COC(=O)c1ccc(C(N)CCC(=O)O)c(F)c1. The van der Waals surface area contributed by atoms with Crippen molar-refractivity contribution in [3.63, 3.8) is 0 Å². The van der Waals surface area contributed by atoms with Crippen LogP contribution in [0.25, 0.3) is 0 Å². The van der Waals surface area contributed by atoms with Crippen LogP contribution in [0.2, 0.25) is 0 Å². The maximum Gasteiger partial charge on any atom is 0.337 e. The van der Waals surface area contributed by atoms with E-state index in [9.17, 15) is 14.0 Å². The first-order chi connectivity index (χ1) is 8.45. The van der Waals surface area contributed by atoms with Crippen LogP contribution >= 0.6 is 0 Å². The minimum absolute atomic E-state index is 0.0872. The quantitative estimate of drug-likeness (QED) is 0.778. The Labute approximate surface area is 103 Å². The Kier molecular flexibility index (Phi) is 4.79. The van der Waals surface area contributed by atoms with Gasteiger partial charge in [0.2, 0.25) is 0 Å². The van der Waals surface area contributed by atoms with Gasteiger partial charge in [-0.3, -0.25) is 4.79 Å². The number of aliphatic carboxylic acids is 1.